The molecule has 2 nitrogen and oxygen atoms in total. The Morgan fingerprint density at radius 2 is 1.53 bits per heavy atom. The average Bonchev–Trinajstić information content (AvgIpc) is 2.23. The van der Waals surface area contributed by atoms with Gasteiger partial charge in [0.15, 0.2) is 23.3 Å². The maximum atomic E-state index is 13.1. The van der Waals surface area contributed by atoms with Gasteiger partial charge in [-0.05, 0) is 22.6 Å². The molecular weight excluding hydrogens is 331 g/mol. The van der Waals surface area contributed by atoms with Crippen molar-refractivity contribution in [2.45, 2.75) is 0 Å². The molecule has 1 aromatic carbocycles. The van der Waals surface area contributed by atoms with E-state index in [1.54, 1.807) is 0 Å². The standard InChI is InChI=1S/C8H3F4IO2/c1-15-8(14)2-3(9)4(10)5(11)6(12)7(2)13/h1H3. The van der Waals surface area contributed by atoms with Gasteiger partial charge in [-0.1, -0.05) is 0 Å². The number of hydrogen-bond acceptors (Lipinski definition) is 2. The molecule has 0 N–H and O–H groups in total. The lowest BCUT2D eigenvalue weighted by molar-refractivity contribution is 0.0591. The van der Waals surface area contributed by atoms with Gasteiger partial charge >= 0.3 is 5.97 Å². The van der Waals surface area contributed by atoms with Crippen molar-refractivity contribution in [1.29, 1.82) is 0 Å². The predicted molar refractivity (Wildman–Crippen MR) is 50.3 cm³/mol. The molecule has 1 rings (SSSR count). The quantitative estimate of drug-likeness (QED) is 0.260. The minimum absolute atomic E-state index is 0.657. The van der Waals surface area contributed by atoms with Crippen molar-refractivity contribution >= 4 is 28.6 Å². The van der Waals surface area contributed by atoms with Crippen molar-refractivity contribution in [2.24, 2.45) is 0 Å². The van der Waals surface area contributed by atoms with Crippen molar-refractivity contribution in [3.63, 3.8) is 0 Å². The fourth-order valence-corrected chi connectivity index (χ4v) is 1.58. The number of carbonyl (C=O) groups is 1. The summed E-state index contributed by atoms with van der Waals surface area (Å²) in [6.45, 7) is 0. The van der Waals surface area contributed by atoms with E-state index >= 15 is 0 Å². The summed E-state index contributed by atoms with van der Waals surface area (Å²) in [6.07, 6.45) is 0. The number of ether oxygens (including phenoxy) is 1. The highest BCUT2D eigenvalue weighted by atomic mass is 127. The topological polar surface area (TPSA) is 26.3 Å². The summed E-state index contributed by atoms with van der Waals surface area (Å²) in [5, 5.41) is 0. The van der Waals surface area contributed by atoms with Crippen molar-refractivity contribution in [3.05, 3.63) is 32.4 Å². The molecule has 0 heterocycles. The lowest BCUT2D eigenvalue weighted by Crippen LogP contribution is -2.13. The van der Waals surface area contributed by atoms with Crippen LogP contribution < -0.4 is 0 Å². The van der Waals surface area contributed by atoms with Crippen LogP contribution in [0.5, 0.6) is 0 Å². The van der Waals surface area contributed by atoms with E-state index in [1.165, 1.54) is 22.6 Å². The Balaban J connectivity index is 3.60. The van der Waals surface area contributed by atoms with Crippen LogP contribution >= 0.6 is 22.6 Å². The van der Waals surface area contributed by atoms with E-state index in [9.17, 15) is 22.4 Å². The first kappa shape index (κ1) is 12.2. The van der Waals surface area contributed by atoms with Crippen LogP contribution in [0.2, 0.25) is 0 Å². The Bertz CT molecular complexity index is 404. The molecule has 15 heavy (non-hydrogen) atoms. The molecule has 0 aliphatic rings. The Morgan fingerprint density at radius 3 is 2.00 bits per heavy atom. The third-order valence-electron chi connectivity index (χ3n) is 1.60. The molecule has 82 valence electrons. The normalized spacial score (nSPS) is 10.3. The summed E-state index contributed by atoms with van der Waals surface area (Å²) in [5.41, 5.74) is -0.950. The molecule has 0 aliphatic carbocycles. The molecule has 0 radical (unpaired) electrons. The molecule has 0 unspecified atom stereocenters. The molecule has 0 spiro atoms. The number of carbonyl (C=O) groups excluding carboxylic acids is 1. The number of halogens is 5. The highest BCUT2D eigenvalue weighted by molar-refractivity contribution is 14.1. The van der Waals surface area contributed by atoms with Gasteiger partial charge in [-0.25, -0.2) is 22.4 Å². The van der Waals surface area contributed by atoms with E-state index in [1.807, 2.05) is 0 Å². The summed E-state index contributed by atoms with van der Waals surface area (Å²) in [4.78, 5) is 10.9. The Morgan fingerprint density at radius 1 is 1.07 bits per heavy atom. The second-order valence-electron chi connectivity index (χ2n) is 2.44. The van der Waals surface area contributed by atoms with Crippen molar-refractivity contribution in [1.82, 2.24) is 0 Å². The zero-order chi connectivity index (χ0) is 11.7. The second-order valence-corrected chi connectivity index (χ2v) is 3.52. The summed E-state index contributed by atoms with van der Waals surface area (Å²) in [5.74, 6) is -8.63. The lowest BCUT2D eigenvalue weighted by Gasteiger charge is -2.06. The summed E-state index contributed by atoms with van der Waals surface area (Å²) < 4.78 is 54.8. The largest absolute Gasteiger partial charge is 0.465 e. The highest BCUT2D eigenvalue weighted by Crippen LogP contribution is 2.25. The maximum absolute atomic E-state index is 13.1. The van der Waals surface area contributed by atoms with E-state index in [-0.39, 0.29) is 0 Å². The average molecular weight is 334 g/mol. The molecule has 0 bridgehead atoms. The van der Waals surface area contributed by atoms with Crippen LogP contribution in [0.1, 0.15) is 10.4 Å². The van der Waals surface area contributed by atoms with E-state index in [4.69, 9.17) is 0 Å². The van der Waals surface area contributed by atoms with Crippen molar-refractivity contribution in [2.75, 3.05) is 7.11 Å². The van der Waals surface area contributed by atoms with E-state index in [0.717, 1.165) is 7.11 Å². The van der Waals surface area contributed by atoms with Crippen molar-refractivity contribution < 1.29 is 27.1 Å². The number of esters is 1. The second kappa shape index (κ2) is 4.33. The minimum Gasteiger partial charge on any atom is -0.465 e. The van der Waals surface area contributed by atoms with E-state index in [2.05, 4.69) is 4.74 Å². The van der Waals surface area contributed by atoms with Gasteiger partial charge in [0.05, 0.1) is 10.7 Å². The first-order valence-electron chi connectivity index (χ1n) is 3.51. The molecule has 1 aromatic rings. The monoisotopic (exact) mass is 334 g/mol. The molecule has 7 heteroatoms. The van der Waals surface area contributed by atoms with E-state index in [0.29, 0.717) is 0 Å². The van der Waals surface area contributed by atoms with Crippen LogP contribution in [0.15, 0.2) is 0 Å². The number of benzene rings is 1. The van der Waals surface area contributed by atoms with Gasteiger partial charge in [-0.3, -0.25) is 0 Å². The van der Waals surface area contributed by atoms with Crippen LogP contribution in [0.4, 0.5) is 17.6 Å². The molecule has 0 saturated carbocycles. The fraction of sp³-hybridized carbons (Fsp3) is 0.125. The molecule has 0 atom stereocenters. The van der Waals surface area contributed by atoms with Crippen molar-refractivity contribution in [3.8, 4) is 0 Å². The zero-order valence-electron chi connectivity index (χ0n) is 7.21. The Kier molecular flexibility index (Phi) is 3.53. The van der Waals surface area contributed by atoms with Gasteiger partial charge in [-0.2, -0.15) is 0 Å². The summed E-state index contributed by atoms with van der Waals surface area (Å²) >= 11 is 1.19. The lowest BCUT2D eigenvalue weighted by atomic mass is 10.2. The zero-order valence-corrected chi connectivity index (χ0v) is 9.36. The van der Waals surface area contributed by atoms with Crippen LogP contribution in [0, 0.1) is 26.8 Å². The molecule has 0 amide bonds. The summed E-state index contributed by atoms with van der Waals surface area (Å²) in [6, 6.07) is 0. The SMILES string of the molecule is COC(=O)c1c(F)c(F)c(F)c(F)c1I. The molecule has 0 aromatic heterocycles. The minimum atomic E-state index is -2.03. The van der Waals surface area contributed by atoms with Gasteiger partial charge < -0.3 is 4.74 Å². The fourth-order valence-electron chi connectivity index (χ4n) is 0.886. The number of hydrogen-bond donors (Lipinski definition) is 0. The first-order chi connectivity index (χ1) is 6.91. The third-order valence-corrected chi connectivity index (χ3v) is 2.61. The first-order valence-corrected chi connectivity index (χ1v) is 4.59. The Labute approximate surface area is 95.4 Å². The van der Waals surface area contributed by atoms with E-state index < -0.39 is 38.4 Å². The van der Waals surface area contributed by atoms with Crippen LogP contribution in [-0.2, 0) is 4.74 Å². The third kappa shape index (κ3) is 1.92. The van der Waals surface area contributed by atoms with Gasteiger partial charge in [0.2, 0.25) is 0 Å². The van der Waals surface area contributed by atoms with Crippen LogP contribution in [0.25, 0.3) is 0 Å². The number of rotatable bonds is 1. The molecular formula is C8H3F4IO2. The predicted octanol–water partition coefficient (Wildman–Crippen LogP) is 2.63. The van der Waals surface area contributed by atoms with Crippen LogP contribution in [0.3, 0.4) is 0 Å². The van der Waals surface area contributed by atoms with Gasteiger partial charge in [-0.15, -0.1) is 0 Å². The van der Waals surface area contributed by atoms with Crippen LogP contribution in [-0.4, -0.2) is 13.1 Å². The van der Waals surface area contributed by atoms with Gasteiger partial charge in [0.25, 0.3) is 0 Å². The van der Waals surface area contributed by atoms with Gasteiger partial charge in [0.1, 0.15) is 5.56 Å². The van der Waals surface area contributed by atoms with Gasteiger partial charge in [0, 0.05) is 0 Å². The smallest absolute Gasteiger partial charge is 0.342 e. The Hall–Kier alpha value is -0.860. The molecule has 0 fully saturated rings. The maximum Gasteiger partial charge on any atom is 0.342 e. The molecule has 0 saturated heterocycles. The highest BCUT2D eigenvalue weighted by Gasteiger charge is 2.28. The molecule has 0 aliphatic heterocycles. The summed E-state index contributed by atoms with van der Waals surface area (Å²) in [7, 11) is 0.914. The number of methoxy groups -OCH3 is 1.